The summed E-state index contributed by atoms with van der Waals surface area (Å²) >= 11 is 0. The van der Waals surface area contributed by atoms with Crippen molar-refractivity contribution >= 4 is 5.91 Å². The molecule has 8 nitrogen and oxygen atoms in total. The number of nitrogens with zero attached hydrogens (tertiary/aromatic N) is 5. The second kappa shape index (κ2) is 8.91. The standard InChI is InChI=1S/C20H18F4N6O2/c21-19(22)30-9-12(7-27-30)14-6-15(18(25)31)28-16-10-29(4-2-13(14)16)8-11-1-3-26-17(5-11)32-20(23)24/h1,3,5-7,9,19-20H,2,4,8,10H2,(H2,25,31). The van der Waals surface area contributed by atoms with E-state index in [1.54, 1.807) is 6.07 Å². The van der Waals surface area contributed by atoms with Crippen molar-refractivity contribution in [1.29, 1.82) is 0 Å². The van der Waals surface area contributed by atoms with Gasteiger partial charge in [0.1, 0.15) is 5.69 Å². The Balaban J connectivity index is 1.61. The molecule has 4 heterocycles. The van der Waals surface area contributed by atoms with Gasteiger partial charge in [0.25, 0.3) is 5.91 Å². The minimum Gasteiger partial charge on any atom is -0.417 e. The first-order valence-corrected chi connectivity index (χ1v) is 9.57. The predicted molar refractivity (Wildman–Crippen MR) is 104 cm³/mol. The van der Waals surface area contributed by atoms with E-state index in [9.17, 15) is 22.4 Å². The molecule has 4 rings (SSSR count). The first-order valence-electron chi connectivity index (χ1n) is 9.57. The number of carbonyl (C=O) groups is 1. The molecular formula is C20H18F4N6O2. The highest BCUT2D eigenvalue weighted by molar-refractivity contribution is 5.92. The Morgan fingerprint density at radius 2 is 2.06 bits per heavy atom. The Kier molecular flexibility index (Phi) is 6.04. The Morgan fingerprint density at radius 1 is 1.25 bits per heavy atom. The molecule has 0 spiro atoms. The average Bonchev–Trinajstić information content (AvgIpc) is 3.23. The minimum absolute atomic E-state index is 0.0157. The molecule has 0 unspecified atom stereocenters. The van der Waals surface area contributed by atoms with Crippen molar-refractivity contribution in [2.45, 2.75) is 32.7 Å². The first-order chi connectivity index (χ1) is 15.3. The molecule has 0 radical (unpaired) electrons. The van der Waals surface area contributed by atoms with E-state index in [1.165, 1.54) is 30.7 Å². The van der Waals surface area contributed by atoms with E-state index in [0.717, 1.165) is 5.56 Å². The van der Waals surface area contributed by atoms with Gasteiger partial charge in [0.15, 0.2) is 0 Å². The van der Waals surface area contributed by atoms with Crippen LogP contribution in [0.5, 0.6) is 5.88 Å². The number of nitrogens with two attached hydrogens (primary N) is 1. The van der Waals surface area contributed by atoms with E-state index < -0.39 is 19.1 Å². The molecule has 32 heavy (non-hydrogen) atoms. The molecule has 1 amide bonds. The van der Waals surface area contributed by atoms with Crippen molar-refractivity contribution in [1.82, 2.24) is 24.6 Å². The minimum atomic E-state index is -2.97. The molecule has 168 valence electrons. The molecule has 0 bridgehead atoms. The summed E-state index contributed by atoms with van der Waals surface area (Å²) < 4.78 is 55.6. The number of aromatic nitrogens is 4. The molecule has 0 atom stereocenters. The van der Waals surface area contributed by atoms with Crippen molar-refractivity contribution in [3.8, 4) is 17.0 Å². The summed E-state index contributed by atoms with van der Waals surface area (Å²) in [6.45, 7) is -4.41. The average molecular weight is 450 g/mol. The number of carbonyl (C=O) groups excluding carboxylic acids is 1. The lowest BCUT2D eigenvalue weighted by Gasteiger charge is -2.29. The van der Waals surface area contributed by atoms with Gasteiger partial charge >= 0.3 is 13.2 Å². The van der Waals surface area contributed by atoms with Crippen molar-refractivity contribution in [2.24, 2.45) is 5.73 Å². The lowest BCUT2D eigenvalue weighted by Crippen LogP contribution is -2.32. The number of ether oxygens (including phenoxy) is 1. The van der Waals surface area contributed by atoms with E-state index >= 15 is 0 Å². The molecule has 12 heteroatoms. The summed E-state index contributed by atoms with van der Waals surface area (Å²) in [5.74, 6) is -0.919. The van der Waals surface area contributed by atoms with Crippen LogP contribution in [0.2, 0.25) is 0 Å². The molecule has 0 aromatic carbocycles. The van der Waals surface area contributed by atoms with Crippen LogP contribution in [0.1, 0.15) is 33.9 Å². The Bertz CT molecular complexity index is 1140. The van der Waals surface area contributed by atoms with Crippen LogP contribution in [0.4, 0.5) is 17.6 Å². The summed E-state index contributed by atoms with van der Waals surface area (Å²) in [7, 11) is 0. The third-order valence-electron chi connectivity index (χ3n) is 5.04. The Hall–Kier alpha value is -3.54. The van der Waals surface area contributed by atoms with E-state index in [2.05, 4.69) is 19.8 Å². The third-order valence-corrected chi connectivity index (χ3v) is 5.04. The topological polar surface area (TPSA) is 99.2 Å². The molecule has 0 saturated carbocycles. The molecule has 3 aromatic rings. The fraction of sp³-hybridized carbons (Fsp3) is 0.300. The molecule has 2 N–H and O–H groups in total. The van der Waals surface area contributed by atoms with E-state index in [4.69, 9.17) is 5.73 Å². The number of hydrogen-bond donors (Lipinski definition) is 1. The van der Waals surface area contributed by atoms with E-state index in [1.807, 2.05) is 4.90 Å². The number of alkyl halides is 4. The molecule has 0 aliphatic carbocycles. The van der Waals surface area contributed by atoms with Gasteiger partial charge in [-0.05, 0) is 35.2 Å². The lowest BCUT2D eigenvalue weighted by atomic mass is 9.94. The highest BCUT2D eigenvalue weighted by Gasteiger charge is 2.24. The number of rotatable bonds is 7. The molecular weight excluding hydrogens is 432 g/mol. The van der Waals surface area contributed by atoms with Gasteiger partial charge in [-0.15, -0.1) is 0 Å². The number of fused-ring (bicyclic) bond motifs is 1. The predicted octanol–water partition coefficient (Wildman–Crippen LogP) is 2.99. The van der Waals surface area contributed by atoms with Gasteiger partial charge in [0, 0.05) is 43.7 Å². The molecule has 0 saturated heterocycles. The van der Waals surface area contributed by atoms with Gasteiger partial charge in [-0.25, -0.2) is 14.6 Å². The monoisotopic (exact) mass is 450 g/mol. The molecule has 0 fully saturated rings. The number of pyridine rings is 2. The summed E-state index contributed by atoms with van der Waals surface area (Å²) in [5.41, 5.74) is 8.56. The Labute approximate surface area is 179 Å². The zero-order chi connectivity index (χ0) is 22.8. The first kappa shape index (κ1) is 21.7. The fourth-order valence-corrected chi connectivity index (χ4v) is 3.66. The summed E-state index contributed by atoms with van der Waals surface area (Å²) in [6, 6.07) is 4.60. The van der Waals surface area contributed by atoms with Crippen LogP contribution < -0.4 is 10.5 Å². The molecule has 1 aliphatic heterocycles. The SMILES string of the molecule is NC(=O)c1cc(-c2cnn(C(F)F)c2)c2c(n1)CN(Cc1ccnc(OC(F)F)c1)CC2. The number of halogens is 4. The largest absolute Gasteiger partial charge is 0.417 e. The quantitative estimate of drug-likeness (QED) is 0.556. The normalized spacial score (nSPS) is 14.1. The van der Waals surface area contributed by atoms with Crippen LogP contribution in [0, 0.1) is 0 Å². The second-order valence-electron chi connectivity index (χ2n) is 7.17. The maximum absolute atomic E-state index is 13.0. The van der Waals surface area contributed by atoms with Crippen LogP contribution in [0.15, 0.2) is 36.8 Å². The molecule has 3 aromatic heterocycles. The van der Waals surface area contributed by atoms with Crippen molar-refractivity contribution in [2.75, 3.05) is 6.54 Å². The van der Waals surface area contributed by atoms with E-state index in [0.29, 0.717) is 53.1 Å². The Morgan fingerprint density at radius 3 is 2.75 bits per heavy atom. The van der Waals surface area contributed by atoms with Crippen LogP contribution in [-0.4, -0.2) is 43.7 Å². The van der Waals surface area contributed by atoms with Crippen LogP contribution in [0.3, 0.4) is 0 Å². The number of amides is 1. The van der Waals surface area contributed by atoms with Gasteiger partial charge in [0.2, 0.25) is 5.88 Å². The van der Waals surface area contributed by atoms with Crippen LogP contribution in [0.25, 0.3) is 11.1 Å². The number of hydrogen-bond acceptors (Lipinski definition) is 6. The van der Waals surface area contributed by atoms with E-state index in [-0.39, 0.29) is 11.6 Å². The molecule has 1 aliphatic rings. The highest BCUT2D eigenvalue weighted by atomic mass is 19.3. The zero-order valence-corrected chi connectivity index (χ0v) is 16.6. The van der Waals surface area contributed by atoms with Crippen molar-refractivity contribution in [3.63, 3.8) is 0 Å². The number of primary amides is 1. The summed E-state index contributed by atoms with van der Waals surface area (Å²) in [6.07, 6.45) is 4.43. The summed E-state index contributed by atoms with van der Waals surface area (Å²) in [4.78, 5) is 21.9. The van der Waals surface area contributed by atoms with Crippen LogP contribution >= 0.6 is 0 Å². The van der Waals surface area contributed by atoms with Crippen LogP contribution in [-0.2, 0) is 19.5 Å². The van der Waals surface area contributed by atoms with Gasteiger partial charge in [0.05, 0.1) is 11.9 Å². The van der Waals surface area contributed by atoms with Gasteiger partial charge in [-0.1, -0.05) is 0 Å². The van der Waals surface area contributed by atoms with Gasteiger partial charge < -0.3 is 10.5 Å². The highest BCUT2D eigenvalue weighted by Crippen LogP contribution is 2.31. The second-order valence-corrected chi connectivity index (χ2v) is 7.17. The maximum atomic E-state index is 13.0. The lowest BCUT2D eigenvalue weighted by molar-refractivity contribution is -0.0529. The summed E-state index contributed by atoms with van der Waals surface area (Å²) in [5, 5.41) is 3.66. The third kappa shape index (κ3) is 4.69. The van der Waals surface area contributed by atoms with Crippen molar-refractivity contribution in [3.05, 3.63) is 59.3 Å². The zero-order valence-electron chi connectivity index (χ0n) is 16.6. The fourth-order valence-electron chi connectivity index (χ4n) is 3.66. The smallest absolute Gasteiger partial charge is 0.388 e. The van der Waals surface area contributed by atoms with Gasteiger partial charge in [-0.2, -0.15) is 22.7 Å². The maximum Gasteiger partial charge on any atom is 0.388 e. The van der Waals surface area contributed by atoms with Gasteiger partial charge in [-0.3, -0.25) is 9.69 Å². The van der Waals surface area contributed by atoms with Crippen molar-refractivity contribution < 1.29 is 27.1 Å².